The summed E-state index contributed by atoms with van der Waals surface area (Å²) >= 11 is 6.13. The van der Waals surface area contributed by atoms with Gasteiger partial charge in [-0.2, -0.15) is 9.78 Å². The van der Waals surface area contributed by atoms with Gasteiger partial charge in [-0.3, -0.25) is 9.59 Å². The second-order valence-corrected chi connectivity index (χ2v) is 8.99. The fourth-order valence-corrected chi connectivity index (χ4v) is 3.64. The fraction of sp³-hybridized carbons (Fsp3) is 0.179. The summed E-state index contributed by atoms with van der Waals surface area (Å²) in [7, 11) is 0. The van der Waals surface area contributed by atoms with Crippen LogP contribution in [0.4, 0.5) is 15.8 Å². The third kappa shape index (κ3) is 6.16. The standard InChI is InChI=1S/C28H26ClFN4O3/c1-4-18(3)32-27(35)19-7-5-9-21(14-19)33-26-25(37-23-11-12-24(29)17(2)13-23)16-31-34(28(26)36)22-10-6-8-20(30)15-22/h5-16,18,33H,4H2,1-3H3,(H,32,35). The molecule has 0 aliphatic heterocycles. The number of amides is 1. The summed E-state index contributed by atoms with van der Waals surface area (Å²) in [6.45, 7) is 5.75. The Labute approximate surface area is 218 Å². The van der Waals surface area contributed by atoms with Crippen molar-refractivity contribution in [2.45, 2.75) is 33.2 Å². The van der Waals surface area contributed by atoms with Crippen LogP contribution in [0.1, 0.15) is 36.2 Å². The monoisotopic (exact) mass is 520 g/mol. The molecular weight excluding hydrogens is 495 g/mol. The molecule has 0 spiro atoms. The van der Waals surface area contributed by atoms with Crippen molar-refractivity contribution >= 4 is 28.9 Å². The molecule has 0 aliphatic rings. The van der Waals surface area contributed by atoms with Crippen LogP contribution < -0.4 is 20.9 Å². The molecule has 0 aliphatic carbocycles. The number of aryl methyl sites for hydroxylation is 1. The van der Waals surface area contributed by atoms with Gasteiger partial charge in [-0.25, -0.2) is 4.39 Å². The van der Waals surface area contributed by atoms with E-state index >= 15 is 0 Å². The predicted molar refractivity (Wildman–Crippen MR) is 143 cm³/mol. The maximum absolute atomic E-state index is 13.9. The van der Waals surface area contributed by atoms with Gasteiger partial charge in [-0.1, -0.05) is 30.7 Å². The molecule has 190 valence electrons. The SMILES string of the molecule is CCC(C)NC(=O)c1cccc(Nc2c(Oc3ccc(Cl)c(C)c3)cnn(-c3cccc(F)c3)c2=O)c1. The van der Waals surface area contributed by atoms with E-state index in [1.807, 2.05) is 20.8 Å². The number of hydrogen-bond acceptors (Lipinski definition) is 5. The first-order chi connectivity index (χ1) is 17.7. The molecule has 4 rings (SSSR count). The number of nitrogens with zero attached hydrogens (tertiary/aromatic N) is 2. The lowest BCUT2D eigenvalue weighted by molar-refractivity contribution is 0.0939. The molecule has 3 aromatic carbocycles. The quantitative estimate of drug-likeness (QED) is 0.281. The number of ether oxygens (including phenoxy) is 1. The van der Waals surface area contributed by atoms with Crippen molar-refractivity contribution in [3.63, 3.8) is 0 Å². The van der Waals surface area contributed by atoms with E-state index in [0.29, 0.717) is 22.0 Å². The normalized spacial score (nSPS) is 11.6. The van der Waals surface area contributed by atoms with Crippen molar-refractivity contribution in [2.24, 2.45) is 0 Å². The number of aromatic nitrogens is 2. The van der Waals surface area contributed by atoms with Crippen LogP contribution in [0.25, 0.3) is 5.69 Å². The van der Waals surface area contributed by atoms with E-state index < -0.39 is 11.4 Å². The number of rotatable bonds is 8. The van der Waals surface area contributed by atoms with Gasteiger partial charge in [0, 0.05) is 22.3 Å². The van der Waals surface area contributed by atoms with E-state index in [-0.39, 0.29) is 29.1 Å². The molecule has 9 heteroatoms. The minimum atomic E-state index is -0.566. The molecule has 1 amide bonds. The number of carbonyl (C=O) groups excluding carboxylic acids is 1. The summed E-state index contributed by atoms with van der Waals surface area (Å²) in [6.07, 6.45) is 2.17. The lowest BCUT2D eigenvalue weighted by Crippen LogP contribution is -2.31. The fourth-order valence-electron chi connectivity index (χ4n) is 3.52. The maximum atomic E-state index is 13.9. The van der Waals surface area contributed by atoms with Gasteiger partial charge in [0.15, 0.2) is 11.4 Å². The van der Waals surface area contributed by atoms with Gasteiger partial charge in [-0.15, -0.1) is 0 Å². The maximum Gasteiger partial charge on any atom is 0.299 e. The van der Waals surface area contributed by atoms with Gasteiger partial charge in [-0.05, 0) is 80.4 Å². The predicted octanol–water partition coefficient (Wildman–Crippen LogP) is 6.40. The second-order valence-electron chi connectivity index (χ2n) is 8.58. The number of carbonyl (C=O) groups is 1. The highest BCUT2D eigenvalue weighted by Crippen LogP contribution is 2.31. The van der Waals surface area contributed by atoms with Crippen LogP contribution >= 0.6 is 11.6 Å². The lowest BCUT2D eigenvalue weighted by Gasteiger charge is -2.16. The zero-order chi connectivity index (χ0) is 26.5. The highest BCUT2D eigenvalue weighted by molar-refractivity contribution is 6.31. The Bertz CT molecular complexity index is 1510. The highest BCUT2D eigenvalue weighted by atomic mass is 35.5. The zero-order valence-corrected chi connectivity index (χ0v) is 21.3. The Morgan fingerprint density at radius 3 is 2.65 bits per heavy atom. The highest BCUT2D eigenvalue weighted by Gasteiger charge is 2.17. The third-order valence-corrected chi connectivity index (χ3v) is 6.16. The molecule has 1 unspecified atom stereocenters. The molecule has 0 bridgehead atoms. The Morgan fingerprint density at radius 2 is 1.92 bits per heavy atom. The van der Waals surface area contributed by atoms with Gasteiger partial charge in [0.25, 0.3) is 11.5 Å². The first kappa shape index (κ1) is 25.9. The minimum absolute atomic E-state index is 0.0191. The van der Waals surface area contributed by atoms with Crippen LogP contribution in [-0.4, -0.2) is 21.7 Å². The van der Waals surface area contributed by atoms with E-state index in [4.69, 9.17) is 16.3 Å². The zero-order valence-electron chi connectivity index (χ0n) is 20.6. The van der Waals surface area contributed by atoms with Gasteiger partial charge < -0.3 is 15.4 Å². The van der Waals surface area contributed by atoms with Crippen LogP contribution in [0, 0.1) is 12.7 Å². The summed E-state index contributed by atoms with van der Waals surface area (Å²) in [5.41, 5.74) is 1.47. The van der Waals surface area contributed by atoms with Crippen LogP contribution in [0.5, 0.6) is 11.5 Å². The molecule has 1 heterocycles. The molecule has 0 fully saturated rings. The number of benzene rings is 3. The van der Waals surface area contributed by atoms with Crippen molar-refractivity contribution in [1.29, 1.82) is 0 Å². The molecule has 7 nitrogen and oxygen atoms in total. The second kappa shape index (κ2) is 11.3. The van der Waals surface area contributed by atoms with Gasteiger partial charge in [0.05, 0.1) is 11.9 Å². The molecular formula is C28H26ClFN4O3. The lowest BCUT2D eigenvalue weighted by atomic mass is 10.1. The van der Waals surface area contributed by atoms with Crippen molar-refractivity contribution in [2.75, 3.05) is 5.32 Å². The van der Waals surface area contributed by atoms with Gasteiger partial charge >= 0.3 is 0 Å². The number of nitrogens with one attached hydrogen (secondary N) is 2. The van der Waals surface area contributed by atoms with Gasteiger partial charge in [0.2, 0.25) is 0 Å². The summed E-state index contributed by atoms with van der Waals surface area (Å²) in [4.78, 5) is 26.2. The molecule has 1 aromatic heterocycles. The van der Waals surface area contributed by atoms with E-state index in [1.165, 1.54) is 24.4 Å². The molecule has 0 radical (unpaired) electrons. The smallest absolute Gasteiger partial charge is 0.299 e. The van der Waals surface area contributed by atoms with Crippen molar-refractivity contribution in [3.8, 4) is 17.2 Å². The van der Waals surface area contributed by atoms with E-state index in [9.17, 15) is 14.0 Å². The number of halogens is 2. The molecule has 0 saturated carbocycles. The van der Waals surface area contributed by atoms with Crippen LogP contribution in [0.3, 0.4) is 0 Å². The van der Waals surface area contributed by atoms with Crippen LogP contribution in [0.2, 0.25) is 5.02 Å². The molecule has 37 heavy (non-hydrogen) atoms. The Hall–Kier alpha value is -4.17. The van der Waals surface area contributed by atoms with E-state index in [2.05, 4.69) is 15.7 Å². The summed E-state index contributed by atoms with van der Waals surface area (Å²) < 4.78 is 21.0. The first-order valence-electron chi connectivity index (χ1n) is 11.8. The van der Waals surface area contributed by atoms with E-state index in [0.717, 1.165) is 16.7 Å². The summed E-state index contributed by atoms with van der Waals surface area (Å²) in [6, 6.07) is 17.5. The molecule has 4 aromatic rings. The summed E-state index contributed by atoms with van der Waals surface area (Å²) in [5, 5.41) is 10.8. The average Bonchev–Trinajstić information content (AvgIpc) is 2.88. The third-order valence-electron chi connectivity index (χ3n) is 5.74. The van der Waals surface area contributed by atoms with E-state index in [1.54, 1.807) is 48.5 Å². The van der Waals surface area contributed by atoms with Crippen molar-refractivity contribution < 1.29 is 13.9 Å². The average molecular weight is 521 g/mol. The van der Waals surface area contributed by atoms with Gasteiger partial charge in [0.1, 0.15) is 11.6 Å². The first-order valence-corrected chi connectivity index (χ1v) is 12.1. The van der Waals surface area contributed by atoms with Crippen molar-refractivity contribution in [3.05, 3.63) is 105 Å². The minimum Gasteiger partial charge on any atom is -0.453 e. The number of hydrogen-bond donors (Lipinski definition) is 2. The number of anilines is 2. The Morgan fingerprint density at radius 1 is 1.14 bits per heavy atom. The largest absolute Gasteiger partial charge is 0.453 e. The van der Waals surface area contributed by atoms with Crippen molar-refractivity contribution in [1.82, 2.24) is 15.1 Å². The Kier molecular flexibility index (Phi) is 7.89. The molecule has 0 saturated heterocycles. The topological polar surface area (TPSA) is 85.2 Å². The molecule has 1 atom stereocenters. The Balaban J connectivity index is 1.76. The van der Waals surface area contributed by atoms with Crippen LogP contribution in [-0.2, 0) is 0 Å². The molecule has 2 N–H and O–H groups in total. The summed E-state index contributed by atoms with van der Waals surface area (Å²) in [5.74, 6) is -0.124. The van der Waals surface area contributed by atoms with Crippen LogP contribution in [0.15, 0.2) is 77.7 Å².